The Balaban J connectivity index is 1.71. The van der Waals surface area contributed by atoms with Gasteiger partial charge in [-0.25, -0.2) is 4.98 Å². The maximum absolute atomic E-state index is 5.41. The van der Waals surface area contributed by atoms with Crippen LogP contribution >= 0.6 is 0 Å². The quantitative estimate of drug-likeness (QED) is 0.897. The lowest BCUT2D eigenvalue weighted by Gasteiger charge is -2.12. The van der Waals surface area contributed by atoms with Crippen molar-refractivity contribution in [3.05, 3.63) is 42.7 Å². The molecule has 0 spiro atoms. The van der Waals surface area contributed by atoms with Gasteiger partial charge in [0.15, 0.2) is 0 Å². The van der Waals surface area contributed by atoms with Crippen molar-refractivity contribution < 1.29 is 4.74 Å². The molecule has 0 bridgehead atoms. The topological polar surface area (TPSA) is 39.1 Å². The van der Waals surface area contributed by atoms with E-state index in [0.29, 0.717) is 5.92 Å². The van der Waals surface area contributed by atoms with Crippen molar-refractivity contribution >= 4 is 11.6 Å². The molecule has 1 N–H and O–H groups in total. The van der Waals surface area contributed by atoms with Crippen LogP contribution in [-0.2, 0) is 11.3 Å². The van der Waals surface area contributed by atoms with Crippen molar-refractivity contribution in [1.82, 2.24) is 9.55 Å². The zero-order valence-corrected chi connectivity index (χ0v) is 10.2. The summed E-state index contributed by atoms with van der Waals surface area (Å²) < 4.78 is 7.57. The Hall–Kier alpha value is -1.81. The second-order valence-electron chi connectivity index (χ2n) is 4.62. The summed E-state index contributed by atoms with van der Waals surface area (Å²) in [6, 6.07) is 10.1. The molecular formula is C14H17N3O. The average Bonchev–Trinajstić information content (AvgIpc) is 3.04. The van der Waals surface area contributed by atoms with Crippen LogP contribution in [-0.4, -0.2) is 22.8 Å². The van der Waals surface area contributed by atoms with E-state index in [0.717, 1.165) is 37.8 Å². The maximum atomic E-state index is 5.41. The lowest BCUT2D eigenvalue weighted by atomic mass is 10.1. The molecule has 1 aromatic carbocycles. The van der Waals surface area contributed by atoms with Gasteiger partial charge in [0.2, 0.25) is 5.95 Å². The number of benzene rings is 1. The predicted molar refractivity (Wildman–Crippen MR) is 70.9 cm³/mol. The van der Waals surface area contributed by atoms with Gasteiger partial charge in [-0.1, -0.05) is 18.2 Å². The van der Waals surface area contributed by atoms with Gasteiger partial charge >= 0.3 is 0 Å². The SMILES string of the molecule is c1ccc(Nc2nccn2CC2CCOC2)cc1. The second kappa shape index (κ2) is 5.23. The van der Waals surface area contributed by atoms with Gasteiger partial charge in [-0.2, -0.15) is 0 Å². The van der Waals surface area contributed by atoms with E-state index >= 15 is 0 Å². The molecule has 18 heavy (non-hydrogen) atoms. The minimum atomic E-state index is 0.607. The first-order valence-electron chi connectivity index (χ1n) is 6.33. The summed E-state index contributed by atoms with van der Waals surface area (Å²) >= 11 is 0. The van der Waals surface area contributed by atoms with Gasteiger partial charge in [-0.3, -0.25) is 0 Å². The first-order valence-corrected chi connectivity index (χ1v) is 6.33. The Kier molecular flexibility index (Phi) is 3.28. The smallest absolute Gasteiger partial charge is 0.207 e. The largest absolute Gasteiger partial charge is 0.381 e. The number of hydrogen-bond donors (Lipinski definition) is 1. The summed E-state index contributed by atoms with van der Waals surface area (Å²) in [4.78, 5) is 4.36. The second-order valence-corrected chi connectivity index (χ2v) is 4.62. The molecule has 1 aliphatic heterocycles. The van der Waals surface area contributed by atoms with Gasteiger partial charge < -0.3 is 14.6 Å². The van der Waals surface area contributed by atoms with Crippen LogP contribution in [0.25, 0.3) is 0 Å². The molecule has 1 aromatic heterocycles. The van der Waals surface area contributed by atoms with E-state index in [2.05, 4.69) is 14.9 Å². The lowest BCUT2D eigenvalue weighted by molar-refractivity contribution is 0.182. The number of ether oxygens (including phenoxy) is 1. The van der Waals surface area contributed by atoms with E-state index in [9.17, 15) is 0 Å². The van der Waals surface area contributed by atoms with Gasteiger partial charge in [0.25, 0.3) is 0 Å². The summed E-state index contributed by atoms with van der Waals surface area (Å²) in [5, 5.41) is 3.34. The van der Waals surface area contributed by atoms with Crippen LogP contribution in [0.3, 0.4) is 0 Å². The summed E-state index contributed by atoms with van der Waals surface area (Å²) in [6.45, 7) is 2.72. The fraction of sp³-hybridized carbons (Fsp3) is 0.357. The highest BCUT2D eigenvalue weighted by molar-refractivity contribution is 5.52. The van der Waals surface area contributed by atoms with Crippen molar-refractivity contribution in [1.29, 1.82) is 0 Å². The monoisotopic (exact) mass is 243 g/mol. The van der Waals surface area contributed by atoms with Gasteiger partial charge in [-0.15, -0.1) is 0 Å². The summed E-state index contributed by atoms with van der Waals surface area (Å²) in [5.41, 5.74) is 1.06. The van der Waals surface area contributed by atoms with Gasteiger partial charge in [0.05, 0.1) is 6.61 Å². The van der Waals surface area contributed by atoms with Crippen LogP contribution in [0.1, 0.15) is 6.42 Å². The zero-order valence-electron chi connectivity index (χ0n) is 10.2. The molecule has 0 amide bonds. The minimum Gasteiger partial charge on any atom is -0.381 e. The van der Waals surface area contributed by atoms with E-state index in [-0.39, 0.29) is 0 Å². The van der Waals surface area contributed by atoms with Gasteiger partial charge in [0.1, 0.15) is 0 Å². The summed E-state index contributed by atoms with van der Waals surface area (Å²) in [5.74, 6) is 1.50. The predicted octanol–water partition coefficient (Wildman–Crippen LogP) is 2.66. The maximum Gasteiger partial charge on any atom is 0.207 e. The number of hydrogen-bond acceptors (Lipinski definition) is 3. The standard InChI is InChI=1S/C14H17N3O/c1-2-4-13(5-3-1)16-14-15-7-8-17(14)10-12-6-9-18-11-12/h1-5,7-8,12H,6,9-11H2,(H,15,16). The van der Waals surface area contributed by atoms with E-state index in [4.69, 9.17) is 4.74 Å². The van der Waals surface area contributed by atoms with Crippen molar-refractivity contribution in [3.8, 4) is 0 Å². The highest BCUT2D eigenvalue weighted by Crippen LogP contribution is 2.19. The van der Waals surface area contributed by atoms with Crippen LogP contribution in [0, 0.1) is 5.92 Å². The molecule has 1 saturated heterocycles. The third-order valence-electron chi connectivity index (χ3n) is 3.22. The van der Waals surface area contributed by atoms with Gasteiger partial charge in [-0.05, 0) is 18.6 Å². The van der Waals surface area contributed by atoms with Crippen LogP contribution in [0.4, 0.5) is 11.6 Å². The minimum absolute atomic E-state index is 0.607. The molecule has 3 rings (SSSR count). The molecule has 4 nitrogen and oxygen atoms in total. The molecule has 4 heteroatoms. The Bertz CT molecular complexity index is 489. The highest BCUT2D eigenvalue weighted by atomic mass is 16.5. The zero-order chi connectivity index (χ0) is 12.2. The Labute approximate surface area is 107 Å². The van der Waals surface area contributed by atoms with Crippen molar-refractivity contribution in [2.75, 3.05) is 18.5 Å². The summed E-state index contributed by atoms with van der Waals surface area (Å²) in [6.07, 6.45) is 4.99. The van der Waals surface area contributed by atoms with Crippen LogP contribution in [0.15, 0.2) is 42.7 Å². The molecule has 1 atom stereocenters. The molecule has 0 radical (unpaired) electrons. The molecule has 1 aliphatic rings. The molecule has 1 fully saturated rings. The number of para-hydroxylation sites is 1. The number of aromatic nitrogens is 2. The number of nitrogens with one attached hydrogen (secondary N) is 1. The van der Waals surface area contributed by atoms with Gasteiger partial charge in [0, 0.05) is 37.2 Å². The van der Waals surface area contributed by atoms with Crippen LogP contribution in [0.2, 0.25) is 0 Å². The molecule has 94 valence electrons. The first-order chi connectivity index (χ1) is 8.92. The number of rotatable bonds is 4. The van der Waals surface area contributed by atoms with E-state index < -0.39 is 0 Å². The van der Waals surface area contributed by atoms with Crippen LogP contribution in [0.5, 0.6) is 0 Å². The van der Waals surface area contributed by atoms with E-state index in [1.54, 1.807) is 0 Å². The van der Waals surface area contributed by atoms with Crippen LogP contribution < -0.4 is 5.32 Å². The molecule has 2 aromatic rings. The number of nitrogens with zero attached hydrogens (tertiary/aromatic N) is 2. The van der Waals surface area contributed by atoms with Crippen molar-refractivity contribution in [3.63, 3.8) is 0 Å². The third-order valence-corrected chi connectivity index (χ3v) is 3.22. The average molecular weight is 243 g/mol. The third kappa shape index (κ3) is 2.54. The Morgan fingerprint density at radius 2 is 2.22 bits per heavy atom. The molecule has 1 unspecified atom stereocenters. The normalized spacial score (nSPS) is 19.0. The summed E-state index contributed by atoms with van der Waals surface area (Å²) in [7, 11) is 0. The van der Waals surface area contributed by atoms with Crippen molar-refractivity contribution in [2.45, 2.75) is 13.0 Å². The highest BCUT2D eigenvalue weighted by Gasteiger charge is 2.17. The number of anilines is 2. The van der Waals surface area contributed by atoms with Crippen molar-refractivity contribution in [2.24, 2.45) is 5.92 Å². The fourth-order valence-electron chi connectivity index (χ4n) is 2.24. The Morgan fingerprint density at radius 3 is 3.00 bits per heavy atom. The molecule has 0 saturated carbocycles. The van der Waals surface area contributed by atoms with E-state index in [1.807, 2.05) is 42.7 Å². The Morgan fingerprint density at radius 1 is 1.33 bits per heavy atom. The number of imidazole rings is 1. The fourth-order valence-corrected chi connectivity index (χ4v) is 2.24. The first kappa shape index (κ1) is 11.3. The van der Waals surface area contributed by atoms with E-state index in [1.165, 1.54) is 0 Å². The molecule has 0 aliphatic carbocycles. The lowest BCUT2D eigenvalue weighted by Crippen LogP contribution is -2.12. The molecular weight excluding hydrogens is 226 g/mol. The molecule has 2 heterocycles.